The number of benzene rings is 1. The van der Waals surface area contributed by atoms with Gasteiger partial charge in [-0.1, -0.05) is 12.1 Å². The van der Waals surface area contributed by atoms with Crippen molar-refractivity contribution in [1.29, 1.82) is 5.41 Å². The van der Waals surface area contributed by atoms with Crippen LogP contribution in [-0.4, -0.2) is 73.8 Å². The molecule has 0 radical (unpaired) electrons. The lowest BCUT2D eigenvalue weighted by Crippen LogP contribution is -2.61. The van der Waals surface area contributed by atoms with Crippen molar-refractivity contribution in [3.8, 4) is 5.75 Å². The SMILES string of the molecule is COC(=O)C(N)Cc1ccc(OCC2CN(C(C)(C(=N)N)C3CCNCC3)C(=O)O2)cc1. The summed E-state index contributed by atoms with van der Waals surface area (Å²) >= 11 is 0. The van der Waals surface area contributed by atoms with Gasteiger partial charge in [0.2, 0.25) is 0 Å². The molecular weight excluding hydrogens is 414 g/mol. The van der Waals surface area contributed by atoms with E-state index >= 15 is 0 Å². The van der Waals surface area contributed by atoms with Crippen molar-refractivity contribution in [3.63, 3.8) is 0 Å². The molecule has 2 heterocycles. The number of esters is 1. The maximum absolute atomic E-state index is 12.6. The minimum Gasteiger partial charge on any atom is -0.490 e. The number of carbonyl (C=O) groups is 2. The lowest BCUT2D eigenvalue weighted by molar-refractivity contribution is -0.142. The molecule has 10 nitrogen and oxygen atoms in total. The van der Waals surface area contributed by atoms with Crippen LogP contribution in [0.15, 0.2) is 24.3 Å². The number of hydrogen-bond donors (Lipinski definition) is 4. The topological polar surface area (TPSA) is 153 Å². The highest BCUT2D eigenvalue weighted by atomic mass is 16.6. The van der Waals surface area contributed by atoms with E-state index in [-0.39, 0.29) is 18.4 Å². The van der Waals surface area contributed by atoms with Crippen molar-refractivity contribution in [2.45, 2.75) is 43.9 Å². The van der Waals surface area contributed by atoms with E-state index in [1.165, 1.54) is 7.11 Å². The van der Waals surface area contributed by atoms with Crippen LogP contribution in [0.3, 0.4) is 0 Å². The van der Waals surface area contributed by atoms with Gasteiger partial charge in [0.25, 0.3) is 0 Å². The molecular formula is C22H33N5O5. The predicted octanol–water partition coefficient (Wildman–Crippen LogP) is 0.623. The smallest absolute Gasteiger partial charge is 0.411 e. The molecule has 10 heteroatoms. The third-order valence-electron chi connectivity index (χ3n) is 6.43. The molecule has 176 valence electrons. The second-order valence-electron chi connectivity index (χ2n) is 8.49. The van der Waals surface area contributed by atoms with Gasteiger partial charge in [-0.25, -0.2) is 4.79 Å². The number of nitrogens with zero attached hydrogens (tertiary/aromatic N) is 1. The van der Waals surface area contributed by atoms with E-state index in [4.69, 9.17) is 26.4 Å². The molecule has 1 aromatic carbocycles. The lowest BCUT2D eigenvalue weighted by atomic mass is 9.77. The van der Waals surface area contributed by atoms with Gasteiger partial charge in [0.15, 0.2) is 6.10 Å². The van der Waals surface area contributed by atoms with Crippen LogP contribution in [0.25, 0.3) is 0 Å². The van der Waals surface area contributed by atoms with Crippen LogP contribution in [0.1, 0.15) is 25.3 Å². The summed E-state index contributed by atoms with van der Waals surface area (Å²) in [5.74, 6) is 0.226. The maximum atomic E-state index is 12.6. The highest BCUT2D eigenvalue weighted by Crippen LogP contribution is 2.34. The van der Waals surface area contributed by atoms with E-state index in [1.807, 2.05) is 19.1 Å². The molecule has 0 bridgehead atoms. The summed E-state index contributed by atoms with van der Waals surface area (Å²) in [5, 5.41) is 11.5. The Morgan fingerprint density at radius 2 is 2.00 bits per heavy atom. The molecule has 1 amide bonds. The average Bonchev–Trinajstić information content (AvgIpc) is 3.18. The molecule has 0 aliphatic carbocycles. The first-order valence-electron chi connectivity index (χ1n) is 10.8. The average molecular weight is 448 g/mol. The summed E-state index contributed by atoms with van der Waals surface area (Å²) in [6.45, 7) is 4.02. The summed E-state index contributed by atoms with van der Waals surface area (Å²) < 4.78 is 16.0. The fourth-order valence-corrected chi connectivity index (χ4v) is 4.36. The molecule has 1 aromatic rings. The van der Waals surface area contributed by atoms with E-state index in [9.17, 15) is 9.59 Å². The number of piperidine rings is 1. The van der Waals surface area contributed by atoms with Gasteiger partial charge >= 0.3 is 12.1 Å². The minimum atomic E-state index is -0.881. The van der Waals surface area contributed by atoms with Crippen LogP contribution >= 0.6 is 0 Å². The van der Waals surface area contributed by atoms with Crippen molar-refractivity contribution in [1.82, 2.24) is 10.2 Å². The number of methoxy groups -OCH3 is 1. The van der Waals surface area contributed by atoms with Gasteiger partial charge in [-0.05, 0) is 62.9 Å². The Kier molecular flexibility index (Phi) is 7.57. The largest absolute Gasteiger partial charge is 0.490 e. The summed E-state index contributed by atoms with van der Waals surface area (Å²) in [5.41, 5.74) is 11.8. The van der Waals surface area contributed by atoms with Gasteiger partial charge in [0.05, 0.1) is 13.7 Å². The van der Waals surface area contributed by atoms with Crippen molar-refractivity contribution in [3.05, 3.63) is 29.8 Å². The zero-order valence-corrected chi connectivity index (χ0v) is 18.6. The van der Waals surface area contributed by atoms with E-state index in [1.54, 1.807) is 17.0 Å². The van der Waals surface area contributed by atoms with Crippen molar-refractivity contribution in [2.24, 2.45) is 17.4 Å². The molecule has 2 aliphatic heterocycles. The molecule has 2 fully saturated rings. The number of ether oxygens (including phenoxy) is 3. The van der Waals surface area contributed by atoms with Crippen LogP contribution in [0.4, 0.5) is 4.79 Å². The molecule has 0 aromatic heterocycles. The fourth-order valence-electron chi connectivity index (χ4n) is 4.36. The number of amidine groups is 1. The molecule has 6 N–H and O–H groups in total. The number of nitrogens with one attached hydrogen (secondary N) is 2. The van der Waals surface area contributed by atoms with E-state index in [0.29, 0.717) is 18.7 Å². The Hall–Kier alpha value is -2.85. The zero-order valence-electron chi connectivity index (χ0n) is 18.6. The second-order valence-corrected chi connectivity index (χ2v) is 8.49. The standard InChI is InChI=1S/C22H33N5O5/c1-22(20(24)25,15-7-9-26-10-8-15)27-12-17(32-21(27)29)13-31-16-5-3-14(4-6-16)11-18(23)19(28)30-2/h3-6,15,17-18,26H,7-13,23H2,1-2H3,(H3,24,25). The summed E-state index contributed by atoms with van der Waals surface area (Å²) in [7, 11) is 1.31. The normalized spacial score (nSPS) is 22.0. The van der Waals surface area contributed by atoms with Gasteiger partial charge < -0.3 is 31.0 Å². The highest BCUT2D eigenvalue weighted by molar-refractivity contribution is 5.91. The Labute approximate surface area is 188 Å². The number of carbonyl (C=O) groups excluding carboxylic acids is 2. The molecule has 3 unspecified atom stereocenters. The molecule has 2 saturated heterocycles. The number of cyclic esters (lactones) is 1. The third-order valence-corrected chi connectivity index (χ3v) is 6.43. The summed E-state index contributed by atoms with van der Waals surface area (Å²) in [6.07, 6.45) is 1.11. The molecule has 0 saturated carbocycles. The summed E-state index contributed by atoms with van der Waals surface area (Å²) in [4.78, 5) is 25.7. The quantitative estimate of drug-likeness (QED) is 0.244. The number of nitrogens with two attached hydrogens (primary N) is 2. The first-order chi connectivity index (χ1) is 15.3. The Morgan fingerprint density at radius 3 is 2.59 bits per heavy atom. The van der Waals surface area contributed by atoms with Crippen molar-refractivity contribution < 1.29 is 23.8 Å². The van der Waals surface area contributed by atoms with Crippen LogP contribution < -0.4 is 21.5 Å². The Bertz CT molecular complexity index is 827. The minimum absolute atomic E-state index is 0.0244. The molecule has 3 atom stereocenters. The molecule has 3 rings (SSSR count). The third kappa shape index (κ3) is 5.13. The molecule has 0 spiro atoms. The number of rotatable bonds is 9. The zero-order chi connectivity index (χ0) is 23.3. The highest BCUT2D eigenvalue weighted by Gasteiger charge is 2.50. The summed E-state index contributed by atoms with van der Waals surface area (Å²) in [6, 6.07) is 6.50. The van der Waals surface area contributed by atoms with Crippen LogP contribution in [-0.2, 0) is 20.7 Å². The van der Waals surface area contributed by atoms with Crippen LogP contribution in [0.2, 0.25) is 0 Å². The van der Waals surface area contributed by atoms with E-state index in [0.717, 1.165) is 31.5 Å². The van der Waals surface area contributed by atoms with Crippen molar-refractivity contribution in [2.75, 3.05) is 33.4 Å². The number of amides is 1. The van der Waals surface area contributed by atoms with Gasteiger partial charge in [0, 0.05) is 0 Å². The molecule has 32 heavy (non-hydrogen) atoms. The van der Waals surface area contributed by atoms with E-state index < -0.39 is 29.7 Å². The Morgan fingerprint density at radius 1 is 1.34 bits per heavy atom. The van der Waals surface area contributed by atoms with E-state index in [2.05, 4.69) is 10.1 Å². The maximum Gasteiger partial charge on any atom is 0.411 e. The fraction of sp³-hybridized carbons (Fsp3) is 0.591. The van der Waals surface area contributed by atoms with Crippen molar-refractivity contribution >= 4 is 17.9 Å². The van der Waals surface area contributed by atoms with Gasteiger partial charge in [-0.3, -0.25) is 15.1 Å². The molecule has 2 aliphatic rings. The second kappa shape index (κ2) is 10.2. The predicted molar refractivity (Wildman–Crippen MR) is 119 cm³/mol. The first kappa shape index (κ1) is 23.8. The lowest BCUT2D eigenvalue weighted by Gasteiger charge is -2.44. The monoisotopic (exact) mass is 447 g/mol. The first-order valence-corrected chi connectivity index (χ1v) is 10.8. The van der Waals surface area contributed by atoms with Gasteiger partial charge in [-0.15, -0.1) is 0 Å². The van der Waals surface area contributed by atoms with Gasteiger partial charge in [0.1, 0.15) is 29.8 Å². The van der Waals surface area contributed by atoms with Gasteiger partial charge in [-0.2, -0.15) is 0 Å². The van der Waals surface area contributed by atoms with Crippen LogP contribution in [0, 0.1) is 11.3 Å². The number of hydrogen-bond acceptors (Lipinski definition) is 8. The van der Waals surface area contributed by atoms with Crippen LogP contribution in [0.5, 0.6) is 5.75 Å². The Balaban J connectivity index is 1.57.